The predicted molar refractivity (Wildman–Crippen MR) is 96.2 cm³/mol. The fraction of sp³-hybridized carbons (Fsp3) is 0.0526. The molecule has 2 N–H and O–H groups in total. The highest BCUT2D eigenvalue weighted by molar-refractivity contribution is 7.89. The second kappa shape index (κ2) is 7.34. The van der Waals surface area contributed by atoms with E-state index >= 15 is 0 Å². The standard InChI is InChI=1S/C19H15F2NO4S/c1-25-13-7-9-19(27(22,23)24)15(11-13)14-4-2-3-5-17(14)26-18-8-6-12(20)10-16(18)21/h2-11H,1H3,(H2,22,23,24). The Kier molecular flexibility index (Phi) is 5.11. The van der Waals surface area contributed by atoms with Crippen molar-refractivity contribution in [3.05, 3.63) is 72.3 Å². The lowest BCUT2D eigenvalue weighted by molar-refractivity contribution is 0.414. The first-order valence-corrected chi connectivity index (χ1v) is 9.27. The molecule has 0 heterocycles. The molecule has 3 rings (SSSR count). The maximum atomic E-state index is 14.0. The Morgan fingerprint density at radius 3 is 2.30 bits per heavy atom. The molecule has 3 aromatic carbocycles. The van der Waals surface area contributed by atoms with Crippen LogP contribution < -0.4 is 14.6 Å². The summed E-state index contributed by atoms with van der Waals surface area (Å²) in [5.74, 6) is -1.26. The molecule has 0 aliphatic heterocycles. The Morgan fingerprint density at radius 1 is 0.889 bits per heavy atom. The lowest BCUT2D eigenvalue weighted by atomic mass is 10.0. The van der Waals surface area contributed by atoms with Crippen LogP contribution in [-0.2, 0) is 10.0 Å². The first kappa shape index (κ1) is 18.8. The van der Waals surface area contributed by atoms with Gasteiger partial charge in [0.2, 0.25) is 10.0 Å². The number of hydrogen-bond donors (Lipinski definition) is 1. The Morgan fingerprint density at radius 2 is 1.63 bits per heavy atom. The number of halogens is 2. The van der Waals surface area contributed by atoms with Crippen LogP contribution in [0.1, 0.15) is 0 Å². The van der Waals surface area contributed by atoms with E-state index in [0.29, 0.717) is 17.4 Å². The largest absolute Gasteiger partial charge is 0.497 e. The summed E-state index contributed by atoms with van der Waals surface area (Å²) in [6, 6.07) is 13.6. The van der Waals surface area contributed by atoms with E-state index in [1.807, 2.05) is 0 Å². The molecule has 0 unspecified atom stereocenters. The minimum absolute atomic E-state index is 0.140. The number of methoxy groups -OCH3 is 1. The number of primary sulfonamides is 1. The molecule has 140 valence electrons. The van der Waals surface area contributed by atoms with Crippen LogP contribution in [0.4, 0.5) is 8.78 Å². The zero-order chi connectivity index (χ0) is 19.6. The molecule has 0 spiro atoms. The Hall–Kier alpha value is -2.97. The van der Waals surface area contributed by atoms with Crippen LogP contribution >= 0.6 is 0 Å². The molecule has 5 nitrogen and oxygen atoms in total. The molecule has 0 aromatic heterocycles. The molecule has 0 saturated heterocycles. The smallest absolute Gasteiger partial charge is 0.238 e. The highest BCUT2D eigenvalue weighted by Gasteiger charge is 2.20. The number of ether oxygens (including phenoxy) is 2. The minimum Gasteiger partial charge on any atom is -0.497 e. The predicted octanol–water partition coefficient (Wildman–Crippen LogP) is 4.08. The molecule has 0 saturated carbocycles. The first-order chi connectivity index (χ1) is 12.8. The molecule has 0 amide bonds. The summed E-state index contributed by atoms with van der Waals surface area (Å²) in [5, 5.41) is 5.32. The molecule has 0 bridgehead atoms. The SMILES string of the molecule is COc1ccc(S(N)(=O)=O)c(-c2ccccc2Oc2ccc(F)cc2F)c1. The van der Waals surface area contributed by atoms with Gasteiger partial charge in [-0.25, -0.2) is 22.3 Å². The second-order valence-corrected chi connectivity index (χ2v) is 7.11. The average molecular weight is 391 g/mol. The van der Waals surface area contributed by atoms with Crippen LogP contribution in [0, 0.1) is 11.6 Å². The number of nitrogens with two attached hydrogens (primary N) is 1. The van der Waals surface area contributed by atoms with Crippen molar-refractivity contribution < 1.29 is 26.7 Å². The topological polar surface area (TPSA) is 78.6 Å². The zero-order valence-electron chi connectivity index (χ0n) is 14.1. The molecule has 0 aliphatic carbocycles. The van der Waals surface area contributed by atoms with Gasteiger partial charge in [0.25, 0.3) is 0 Å². The van der Waals surface area contributed by atoms with Crippen molar-refractivity contribution in [3.8, 4) is 28.4 Å². The highest BCUT2D eigenvalue weighted by Crippen LogP contribution is 2.38. The summed E-state index contributed by atoms with van der Waals surface area (Å²) >= 11 is 0. The van der Waals surface area contributed by atoms with Crippen molar-refractivity contribution in [2.45, 2.75) is 4.90 Å². The summed E-state index contributed by atoms with van der Waals surface area (Å²) in [7, 11) is -2.61. The van der Waals surface area contributed by atoms with Crippen molar-refractivity contribution in [1.82, 2.24) is 0 Å². The first-order valence-electron chi connectivity index (χ1n) is 7.73. The third-order valence-corrected chi connectivity index (χ3v) is 4.75. The molecule has 0 atom stereocenters. The van der Waals surface area contributed by atoms with E-state index < -0.39 is 21.7 Å². The third kappa shape index (κ3) is 4.07. The third-order valence-electron chi connectivity index (χ3n) is 3.78. The van der Waals surface area contributed by atoms with E-state index in [-0.39, 0.29) is 22.0 Å². The minimum atomic E-state index is -4.04. The summed E-state index contributed by atoms with van der Waals surface area (Å²) in [5.41, 5.74) is 0.583. The van der Waals surface area contributed by atoms with Crippen LogP contribution in [0.3, 0.4) is 0 Å². The molecule has 27 heavy (non-hydrogen) atoms. The molecule has 8 heteroatoms. The van der Waals surface area contributed by atoms with E-state index in [1.165, 1.54) is 31.4 Å². The highest BCUT2D eigenvalue weighted by atomic mass is 32.2. The van der Waals surface area contributed by atoms with Crippen LogP contribution in [0.5, 0.6) is 17.2 Å². The quantitative estimate of drug-likeness (QED) is 0.711. The number of para-hydroxylation sites is 1. The molecule has 0 aliphatic rings. The van der Waals surface area contributed by atoms with E-state index in [1.54, 1.807) is 18.2 Å². The van der Waals surface area contributed by atoms with Gasteiger partial charge < -0.3 is 9.47 Å². The van der Waals surface area contributed by atoms with Gasteiger partial charge in [-0.3, -0.25) is 0 Å². The molecular formula is C19H15F2NO4S. The van der Waals surface area contributed by atoms with Gasteiger partial charge in [-0.1, -0.05) is 18.2 Å². The normalized spacial score (nSPS) is 11.3. The maximum Gasteiger partial charge on any atom is 0.238 e. The molecule has 0 radical (unpaired) electrons. The van der Waals surface area contributed by atoms with Gasteiger partial charge in [-0.2, -0.15) is 0 Å². The Balaban J connectivity index is 2.17. The van der Waals surface area contributed by atoms with Crippen LogP contribution in [-0.4, -0.2) is 15.5 Å². The molecule has 0 fully saturated rings. The molecule has 3 aromatic rings. The average Bonchev–Trinajstić information content (AvgIpc) is 2.63. The van der Waals surface area contributed by atoms with Crippen LogP contribution in [0.2, 0.25) is 0 Å². The summed E-state index contributed by atoms with van der Waals surface area (Å²) in [6.07, 6.45) is 0. The fourth-order valence-corrected chi connectivity index (χ4v) is 3.28. The lowest BCUT2D eigenvalue weighted by Gasteiger charge is -2.15. The van der Waals surface area contributed by atoms with Gasteiger partial charge in [0.1, 0.15) is 17.3 Å². The summed E-state index contributed by atoms with van der Waals surface area (Å²) in [4.78, 5) is -0.140. The van der Waals surface area contributed by atoms with E-state index in [4.69, 9.17) is 14.6 Å². The summed E-state index contributed by atoms with van der Waals surface area (Å²) in [6.45, 7) is 0. The van der Waals surface area contributed by atoms with E-state index in [2.05, 4.69) is 0 Å². The van der Waals surface area contributed by atoms with Crippen molar-refractivity contribution in [2.75, 3.05) is 7.11 Å². The van der Waals surface area contributed by atoms with Crippen molar-refractivity contribution in [1.29, 1.82) is 0 Å². The van der Waals surface area contributed by atoms with Gasteiger partial charge in [0.15, 0.2) is 11.6 Å². The molecular weight excluding hydrogens is 376 g/mol. The summed E-state index contributed by atoms with van der Waals surface area (Å²) < 4.78 is 61.8. The fourth-order valence-electron chi connectivity index (χ4n) is 2.55. The lowest BCUT2D eigenvalue weighted by Crippen LogP contribution is -2.13. The Bertz CT molecular complexity index is 1100. The van der Waals surface area contributed by atoms with Crippen molar-refractivity contribution in [2.24, 2.45) is 5.14 Å². The number of hydrogen-bond acceptors (Lipinski definition) is 4. The van der Waals surface area contributed by atoms with Crippen molar-refractivity contribution >= 4 is 10.0 Å². The second-order valence-electron chi connectivity index (χ2n) is 5.58. The maximum absolute atomic E-state index is 14.0. The van der Waals surface area contributed by atoms with Gasteiger partial charge in [-0.05, 0) is 36.4 Å². The van der Waals surface area contributed by atoms with Gasteiger partial charge in [0, 0.05) is 17.2 Å². The van der Waals surface area contributed by atoms with E-state index in [9.17, 15) is 17.2 Å². The Labute approximate surface area is 155 Å². The van der Waals surface area contributed by atoms with Crippen molar-refractivity contribution in [3.63, 3.8) is 0 Å². The van der Waals surface area contributed by atoms with Crippen LogP contribution in [0.15, 0.2) is 65.6 Å². The number of benzene rings is 3. The van der Waals surface area contributed by atoms with Crippen LogP contribution in [0.25, 0.3) is 11.1 Å². The van der Waals surface area contributed by atoms with E-state index in [0.717, 1.165) is 12.1 Å². The monoisotopic (exact) mass is 391 g/mol. The van der Waals surface area contributed by atoms with Gasteiger partial charge >= 0.3 is 0 Å². The van der Waals surface area contributed by atoms with Gasteiger partial charge in [0.05, 0.1) is 12.0 Å². The number of rotatable bonds is 5. The van der Waals surface area contributed by atoms with Gasteiger partial charge in [-0.15, -0.1) is 0 Å². The number of sulfonamides is 1. The zero-order valence-corrected chi connectivity index (χ0v) is 15.0.